The minimum Gasteiger partial charge on any atom is -0.362 e. The Hall–Kier alpha value is -2.96. The molecule has 2 fully saturated rings. The second-order valence-corrected chi connectivity index (χ2v) is 8.82. The third kappa shape index (κ3) is 4.61. The summed E-state index contributed by atoms with van der Waals surface area (Å²) in [4.78, 5) is 23.8. The number of para-hydroxylation sites is 1. The number of likely N-dealkylation sites (tertiary alicyclic amines) is 1. The highest BCUT2D eigenvalue weighted by atomic mass is 16.2. The van der Waals surface area contributed by atoms with E-state index in [2.05, 4.69) is 50.4 Å². The average molecular weight is 431 g/mol. The number of piperazine rings is 1. The van der Waals surface area contributed by atoms with Gasteiger partial charge >= 0.3 is 5.91 Å². The van der Waals surface area contributed by atoms with E-state index in [1.165, 1.54) is 5.56 Å². The standard InChI is InChI=1S/C26H31N5O/c32-26-25(28-22-11-15-29(16-12-22)19-21-7-3-1-4-8-21)24(30-17-13-27-14-18-30)20-31(26)23-9-5-2-6-10-23/h1-10,20,22,27H,11-19H2/p+1. The molecule has 2 aromatic rings. The molecule has 0 saturated carbocycles. The Bertz CT molecular complexity index is 974. The lowest BCUT2D eigenvalue weighted by molar-refractivity contribution is -0.507. The van der Waals surface area contributed by atoms with E-state index in [4.69, 9.17) is 0 Å². The van der Waals surface area contributed by atoms with E-state index in [9.17, 15) is 4.79 Å². The lowest BCUT2D eigenvalue weighted by Gasteiger charge is -2.30. The largest absolute Gasteiger partial charge is 0.362 e. The Morgan fingerprint density at radius 3 is 2.22 bits per heavy atom. The van der Waals surface area contributed by atoms with Crippen LogP contribution < -0.4 is 15.2 Å². The monoisotopic (exact) mass is 430 g/mol. The maximum Gasteiger partial charge on any atom is 0.328 e. The zero-order valence-electron chi connectivity index (χ0n) is 18.5. The summed E-state index contributed by atoms with van der Waals surface area (Å²) in [6.07, 6.45) is 4.11. The van der Waals surface area contributed by atoms with Gasteiger partial charge in [-0.05, 0) is 17.7 Å². The van der Waals surface area contributed by atoms with E-state index in [-0.39, 0.29) is 5.91 Å². The van der Waals surface area contributed by atoms with Crippen LogP contribution in [0.2, 0.25) is 0 Å². The number of anilines is 1. The number of benzene rings is 2. The molecule has 3 aliphatic rings. The van der Waals surface area contributed by atoms with Crippen molar-refractivity contribution in [1.82, 2.24) is 15.1 Å². The van der Waals surface area contributed by atoms with Crippen molar-refractivity contribution in [1.29, 1.82) is 0 Å². The number of piperidine rings is 1. The minimum absolute atomic E-state index is 0.0523. The number of carbonyl (C=O) groups is 1. The van der Waals surface area contributed by atoms with Gasteiger partial charge in [0, 0.05) is 70.5 Å². The molecular formula is C26H32N5O+. The van der Waals surface area contributed by atoms with Crippen molar-refractivity contribution in [3.63, 3.8) is 0 Å². The van der Waals surface area contributed by atoms with Crippen LogP contribution in [0.3, 0.4) is 0 Å². The maximum absolute atomic E-state index is 13.5. The zero-order valence-corrected chi connectivity index (χ0v) is 18.5. The first-order valence-corrected chi connectivity index (χ1v) is 11.7. The molecule has 2 saturated heterocycles. The highest BCUT2D eigenvalue weighted by Crippen LogP contribution is 2.23. The Morgan fingerprint density at radius 2 is 1.53 bits per heavy atom. The normalized spacial score (nSPS) is 21.9. The third-order valence-electron chi connectivity index (χ3n) is 6.62. The van der Waals surface area contributed by atoms with Crippen LogP contribution >= 0.6 is 0 Å². The van der Waals surface area contributed by atoms with Crippen molar-refractivity contribution in [2.75, 3.05) is 44.2 Å². The van der Waals surface area contributed by atoms with Crippen molar-refractivity contribution in [3.05, 3.63) is 78.1 Å². The van der Waals surface area contributed by atoms with Gasteiger partial charge in [-0.25, -0.2) is 4.99 Å². The Morgan fingerprint density at radius 1 is 0.875 bits per heavy atom. The fourth-order valence-electron chi connectivity index (χ4n) is 4.82. The molecule has 0 atom stereocenters. The molecule has 0 radical (unpaired) electrons. The molecule has 0 unspecified atom stereocenters. The van der Waals surface area contributed by atoms with E-state index in [0.717, 1.165) is 75.8 Å². The summed E-state index contributed by atoms with van der Waals surface area (Å²) in [6, 6.07) is 20.9. The Kier molecular flexibility index (Phi) is 6.32. The van der Waals surface area contributed by atoms with Crippen LogP contribution in [0.15, 0.2) is 72.6 Å². The van der Waals surface area contributed by atoms with E-state index in [0.29, 0.717) is 6.04 Å². The van der Waals surface area contributed by atoms with Crippen LogP contribution in [0.4, 0.5) is 5.69 Å². The lowest BCUT2D eigenvalue weighted by atomic mass is 10.0. The van der Waals surface area contributed by atoms with E-state index in [1.54, 1.807) is 4.90 Å². The fourth-order valence-corrected chi connectivity index (χ4v) is 4.82. The molecule has 32 heavy (non-hydrogen) atoms. The molecule has 5 rings (SSSR count). The topological polar surface area (TPSA) is 52.8 Å². The lowest BCUT2D eigenvalue weighted by Crippen LogP contribution is -2.83. The van der Waals surface area contributed by atoms with Gasteiger partial charge in [-0.2, -0.15) is 0 Å². The van der Waals surface area contributed by atoms with Gasteiger partial charge in [0.05, 0.1) is 0 Å². The van der Waals surface area contributed by atoms with E-state index >= 15 is 0 Å². The second-order valence-electron chi connectivity index (χ2n) is 8.82. The van der Waals surface area contributed by atoms with Crippen LogP contribution in [-0.4, -0.2) is 66.7 Å². The van der Waals surface area contributed by atoms with E-state index in [1.807, 2.05) is 36.5 Å². The summed E-state index contributed by atoms with van der Waals surface area (Å²) in [5, 5.41) is 3.41. The molecule has 0 aliphatic carbocycles. The van der Waals surface area contributed by atoms with Crippen molar-refractivity contribution in [3.8, 4) is 0 Å². The predicted octanol–water partition coefficient (Wildman–Crippen LogP) is 0.966. The van der Waals surface area contributed by atoms with Crippen LogP contribution in [-0.2, 0) is 11.3 Å². The molecule has 3 heterocycles. The molecule has 6 heteroatoms. The predicted molar refractivity (Wildman–Crippen MR) is 127 cm³/mol. The van der Waals surface area contributed by atoms with Gasteiger partial charge in [0.15, 0.2) is 6.04 Å². The quantitative estimate of drug-likeness (QED) is 0.742. The fraction of sp³-hybridized carbons (Fsp3) is 0.385. The molecule has 1 amide bonds. The number of nitrogens with one attached hydrogen (secondary N) is 2. The van der Waals surface area contributed by atoms with Crippen LogP contribution in [0, 0.1) is 0 Å². The Labute approximate surface area is 190 Å². The summed E-state index contributed by atoms with van der Waals surface area (Å²) < 4.78 is 0. The number of hydrogen-bond donors (Lipinski definition) is 2. The molecule has 2 aromatic carbocycles. The maximum atomic E-state index is 13.5. The zero-order chi connectivity index (χ0) is 21.8. The third-order valence-corrected chi connectivity index (χ3v) is 6.62. The first-order chi connectivity index (χ1) is 15.8. The number of carbonyl (C=O) groups excluding carboxylic acids is 1. The Balaban J connectivity index is 1.31. The summed E-state index contributed by atoms with van der Waals surface area (Å²) in [7, 11) is 0. The van der Waals surface area contributed by atoms with Gasteiger partial charge in [-0.1, -0.05) is 48.5 Å². The second kappa shape index (κ2) is 9.67. The van der Waals surface area contributed by atoms with Gasteiger partial charge in [0.2, 0.25) is 0 Å². The van der Waals surface area contributed by atoms with Gasteiger partial charge in [0.1, 0.15) is 5.70 Å². The summed E-state index contributed by atoms with van der Waals surface area (Å²) in [6.45, 7) is 6.82. The minimum atomic E-state index is 0.0523. The average Bonchev–Trinajstić information content (AvgIpc) is 3.18. The van der Waals surface area contributed by atoms with Crippen LogP contribution in [0.5, 0.6) is 0 Å². The molecule has 0 aromatic heterocycles. The summed E-state index contributed by atoms with van der Waals surface area (Å²) >= 11 is 0. The molecule has 0 spiro atoms. The number of hydrogen-bond acceptors (Lipinski definition) is 4. The van der Waals surface area contributed by atoms with Crippen molar-refractivity contribution >= 4 is 17.3 Å². The molecule has 0 bridgehead atoms. The molecule has 166 valence electrons. The summed E-state index contributed by atoms with van der Waals surface area (Å²) in [5.74, 6) is 0.0523. The van der Waals surface area contributed by atoms with Gasteiger partial charge < -0.3 is 10.2 Å². The molecule has 3 aliphatic heterocycles. The first-order valence-electron chi connectivity index (χ1n) is 11.7. The van der Waals surface area contributed by atoms with Gasteiger partial charge in [-0.15, -0.1) is 0 Å². The van der Waals surface area contributed by atoms with Crippen LogP contribution in [0.25, 0.3) is 0 Å². The van der Waals surface area contributed by atoms with Crippen molar-refractivity contribution < 1.29 is 9.79 Å². The van der Waals surface area contributed by atoms with E-state index < -0.39 is 0 Å². The highest BCUT2D eigenvalue weighted by Gasteiger charge is 2.40. The number of nitrogens with zero attached hydrogens (tertiary/aromatic N) is 3. The van der Waals surface area contributed by atoms with Crippen LogP contribution in [0.1, 0.15) is 18.4 Å². The molecule has 6 nitrogen and oxygen atoms in total. The van der Waals surface area contributed by atoms with Gasteiger partial charge in [0.25, 0.3) is 5.71 Å². The first kappa shape index (κ1) is 20.9. The summed E-state index contributed by atoms with van der Waals surface area (Å²) in [5.41, 5.74) is 4.07. The van der Waals surface area contributed by atoms with Crippen molar-refractivity contribution in [2.24, 2.45) is 0 Å². The van der Waals surface area contributed by atoms with Gasteiger partial charge in [-0.3, -0.25) is 14.6 Å². The van der Waals surface area contributed by atoms with Crippen molar-refractivity contribution in [2.45, 2.75) is 25.4 Å². The smallest absolute Gasteiger partial charge is 0.328 e. The number of amides is 1. The number of rotatable bonds is 5. The highest BCUT2D eigenvalue weighted by molar-refractivity contribution is 6.50. The SMILES string of the molecule is O=C1C(=[NH+]C2CCN(Cc3ccccc3)CC2)C(N2CCNCC2)=CN1c1ccccc1. The molecule has 2 N–H and O–H groups in total. The molecular weight excluding hydrogens is 398 g/mol.